The van der Waals surface area contributed by atoms with E-state index in [1.54, 1.807) is 0 Å². The van der Waals surface area contributed by atoms with Crippen LogP contribution in [0.2, 0.25) is 0 Å². The van der Waals surface area contributed by atoms with E-state index in [1.807, 2.05) is 6.33 Å². The molecule has 0 aromatic carbocycles. The minimum absolute atomic E-state index is 0.822. The number of fused-ring (bicyclic) bond motifs is 1. The van der Waals surface area contributed by atoms with Gasteiger partial charge in [0.2, 0.25) is 17.8 Å². The Labute approximate surface area is 150 Å². The van der Waals surface area contributed by atoms with Gasteiger partial charge in [-0.3, -0.25) is 4.90 Å². The Morgan fingerprint density at radius 1 is 1.24 bits per heavy atom. The Kier molecular flexibility index (Phi) is 5.56. The number of morpholine rings is 1. The SMILES string of the molecule is Cc1c(C)n(CCN(C)C)c2nc[n+](CCN3CCOCC3)c(N)c12. The predicted octanol–water partition coefficient (Wildman–Crippen LogP) is 0.417. The first-order valence-electron chi connectivity index (χ1n) is 9.07. The van der Waals surface area contributed by atoms with Gasteiger partial charge in [0.1, 0.15) is 5.39 Å². The fourth-order valence-electron chi connectivity index (χ4n) is 3.44. The van der Waals surface area contributed by atoms with E-state index in [4.69, 9.17) is 15.5 Å². The Morgan fingerprint density at radius 3 is 2.64 bits per heavy atom. The maximum atomic E-state index is 6.53. The van der Waals surface area contributed by atoms with Crippen LogP contribution in [0.4, 0.5) is 5.82 Å². The second kappa shape index (κ2) is 7.68. The van der Waals surface area contributed by atoms with Crippen molar-refractivity contribution in [3.63, 3.8) is 0 Å². The summed E-state index contributed by atoms with van der Waals surface area (Å²) >= 11 is 0. The van der Waals surface area contributed by atoms with Crippen LogP contribution in [-0.4, -0.2) is 72.8 Å². The number of nitrogens with two attached hydrogens (primary N) is 1. The molecular formula is C18H31N6O+. The fourth-order valence-corrected chi connectivity index (χ4v) is 3.44. The van der Waals surface area contributed by atoms with Crippen LogP contribution in [-0.2, 0) is 17.8 Å². The molecule has 1 saturated heterocycles. The lowest BCUT2D eigenvalue weighted by atomic mass is 10.2. The highest BCUT2D eigenvalue weighted by Gasteiger charge is 2.21. The molecule has 7 nitrogen and oxygen atoms in total. The molecule has 1 aliphatic rings. The molecule has 3 rings (SSSR count). The monoisotopic (exact) mass is 347 g/mol. The summed E-state index contributed by atoms with van der Waals surface area (Å²) in [4.78, 5) is 9.36. The summed E-state index contributed by atoms with van der Waals surface area (Å²) in [6, 6.07) is 0. The topological polar surface area (TPSA) is 63.4 Å². The Morgan fingerprint density at radius 2 is 1.96 bits per heavy atom. The van der Waals surface area contributed by atoms with Gasteiger partial charge in [-0.1, -0.05) is 4.98 Å². The normalized spacial score (nSPS) is 16.2. The van der Waals surface area contributed by atoms with Crippen molar-refractivity contribution in [1.82, 2.24) is 19.4 Å². The molecule has 0 unspecified atom stereocenters. The second-order valence-corrected chi connectivity index (χ2v) is 7.14. The summed E-state index contributed by atoms with van der Waals surface area (Å²) < 4.78 is 9.78. The number of aryl methyl sites for hydroxylation is 1. The molecule has 25 heavy (non-hydrogen) atoms. The number of anilines is 1. The zero-order chi connectivity index (χ0) is 18.0. The molecular weight excluding hydrogens is 316 g/mol. The van der Waals surface area contributed by atoms with E-state index < -0.39 is 0 Å². The van der Waals surface area contributed by atoms with E-state index >= 15 is 0 Å². The first-order valence-corrected chi connectivity index (χ1v) is 9.07. The highest BCUT2D eigenvalue weighted by molar-refractivity contribution is 5.89. The summed E-state index contributed by atoms with van der Waals surface area (Å²) in [6.07, 6.45) is 1.89. The van der Waals surface area contributed by atoms with Crippen LogP contribution in [0, 0.1) is 13.8 Å². The third-order valence-electron chi connectivity index (χ3n) is 5.22. The number of hydrogen-bond donors (Lipinski definition) is 1. The third kappa shape index (κ3) is 3.78. The third-order valence-corrected chi connectivity index (χ3v) is 5.22. The second-order valence-electron chi connectivity index (χ2n) is 7.14. The van der Waals surface area contributed by atoms with Gasteiger partial charge in [-0.2, -0.15) is 0 Å². The number of aromatic nitrogens is 3. The van der Waals surface area contributed by atoms with Crippen molar-refractivity contribution in [3.8, 4) is 0 Å². The van der Waals surface area contributed by atoms with Crippen LogP contribution in [0.5, 0.6) is 0 Å². The van der Waals surface area contributed by atoms with E-state index in [2.05, 4.69) is 46.9 Å². The Bertz CT molecular complexity index is 733. The minimum Gasteiger partial charge on any atom is -0.379 e. The average molecular weight is 347 g/mol. The van der Waals surface area contributed by atoms with Crippen molar-refractivity contribution in [2.24, 2.45) is 0 Å². The van der Waals surface area contributed by atoms with Crippen LogP contribution in [0.15, 0.2) is 6.33 Å². The van der Waals surface area contributed by atoms with Gasteiger partial charge in [-0.05, 0) is 33.5 Å². The first-order chi connectivity index (χ1) is 12.0. The largest absolute Gasteiger partial charge is 0.379 e. The lowest BCUT2D eigenvalue weighted by molar-refractivity contribution is -0.684. The molecule has 138 valence electrons. The highest BCUT2D eigenvalue weighted by atomic mass is 16.5. The van der Waals surface area contributed by atoms with E-state index in [-0.39, 0.29) is 0 Å². The molecule has 7 heteroatoms. The van der Waals surface area contributed by atoms with Crippen LogP contribution in [0.25, 0.3) is 11.0 Å². The molecule has 2 N–H and O–H groups in total. The van der Waals surface area contributed by atoms with E-state index in [0.29, 0.717) is 0 Å². The van der Waals surface area contributed by atoms with Crippen molar-refractivity contribution in [2.45, 2.75) is 26.9 Å². The Balaban J connectivity index is 1.84. The smallest absolute Gasteiger partial charge is 0.232 e. The molecule has 0 bridgehead atoms. The van der Waals surface area contributed by atoms with Gasteiger partial charge in [-0.15, -0.1) is 0 Å². The van der Waals surface area contributed by atoms with Gasteiger partial charge in [0.25, 0.3) is 0 Å². The lowest BCUT2D eigenvalue weighted by Crippen LogP contribution is -2.46. The van der Waals surface area contributed by atoms with Gasteiger partial charge in [0.15, 0.2) is 0 Å². The number of rotatable bonds is 6. The number of nitrogens with zero attached hydrogens (tertiary/aromatic N) is 5. The quantitative estimate of drug-likeness (QED) is 0.767. The van der Waals surface area contributed by atoms with Crippen molar-refractivity contribution < 1.29 is 9.30 Å². The van der Waals surface area contributed by atoms with E-state index in [0.717, 1.165) is 69.3 Å². The molecule has 2 aromatic heterocycles. The number of hydrogen-bond acceptors (Lipinski definition) is 5. The van der Waals surface area contributed by atoms with Gasteiger partial charge in [0, 0.05) is 38.4 Å². The molecule has 1 aliphatic heterocycles. The van der Waals surface area contributed by atoms with Gasteiger partial charge in [-0.25, -0.2) is 4.57 Å². The van der Waals surface area contributed by atoms with Crippen molar-refractivity contribution in [1.29, 1.82) is 0 Å². The molecule has 1 fully saturated rings. The standard InChI is InChI=1S/C18H30N6O/c1-14-15(2)24(8-5-21(3)4)18-16(14)17(19)23(13-20-18)7-6-22-9-11-25-12-10-22/h13,19H,5-12H2,1-4H3/p+1. The summed E-state index contributed by atoms with van der Waals surface area (Å²) in [5.74, 6) is 0.822. The van der Waals surface area contributed by atoms with Crippen LogP contribution in [0.1, 0.15) is 11.3 Å². The summed E-state index contributed by atoms with van der Waals surface area (Å²) in [7, 11) is 4.19. The fraction of sp³-hybridized carbons (Fsp3) is 0.667. The zero-order valence-electron chi connectivity index (χ0n) is 16.0. The Hall–Kier alpha value is -1.70. The highest BCUT2D eigenvalue weighted by Crippen LogP contribution is 2.26. The molecule has 0 atom stereocenters. The average Bonchev–Trinajstić information content (AvgIpc) is 2.85. The van der Waals surface area contributed by atoms with Gasteiger partial charge in [0.05, 0.1) is 19.8 Å². The predicted molar refractivity (Wildman–Crippen MR) is 99.6 cm³/mol. The molecule has 0 saturated carbocycles. The van der Waals surface area contributed by atoms with Crippen LogP contribution >= 0.6 is 0 Å². The van der Waals surface area contributed by atoms with E-state index in [1.165, 1.54) is 11.3 Å². The molecule has 0 spiro atoms. The molecule has 0 amide bonds. The number of ether oxygens (including phenoxy) is 1. The maximum absolute atomic E-state index is 6.53. The molecule has 3 heterocycles. The zero-order valence-corrected chi connectivity index (χ0v) is 16.0. The van der Waals surface area contributed by atoms with Crippen molar-refractivity contribution in [3.05, 3.63) is 17.6 Å². The van der Waals surface area contributed by atoms with Crippen LogP contribution < -0.4 is 10.3 Å². The van der Waals surface area contributed by atoms with Crippen molar-refractivity contribution >= 4 is 16.9 Å². The van der Waals surface area contributed by atoms with Crippen LogP contribution in [0.3, 0.4) is 0 Å². The van der Waals surface area contributed by atoms with Gasteiger partial charge < -0.3 is 19.9 Å². The molecule has 2 aromatic rings. The lowest BCUT2D eigenvalue weighted by Gasteiger charge is -2.26. The number of nitrogen functional groups attached to an aromatic ring is 1. The first kappa shape index (κ1) is 18.1. The summed E-state index contributed by atoms with van der Waals surface area (Å²) in [6.45, 7) is 11.7. The molecule has 0 aliphatic carbocycles. The minimum atomic E-state index is 0.822. The van der Waals surface area contributed by atoms with E-state index in [9.17, 15) is 0 Å². The summed E-state index contributed by atoms with van der Waals surface area (Å²) in [5, 5.41) is 1.10. The van der Waals surface area contributed by atoms with Crippen molar-refractivity contribution in [2.75, 3.05) is 59.2 Å². The maximum Gasteiger partial charge on any atom is 0.232 e. The summed E-state index contributed by atoms with van der Waals surface area (Å²) in [5.41, 5.74) is 10.0. The van der Waals surface area contributed by atoms with Gasteiger partial charge >= 0.3 is 0 Å². The molecule has 0 radical (unpaired) electrons. The number of likely N-dealkylation sites (N-methyl/N-ethyl adjacent to an activating group) is 1.